The van der Waals surface area contributed by atoms with Crippen LogP contribution in [-0.2, 0) is 10.0 Å². The first kappa shape index (κ1) is 22.9. The highest BCUT2D eigenvalue weighted by Gasteiger charge is 2.34. The SMILES string of the molecule is O=S(=O)(Nc1cc(Sc2ccccc2)c(O)c2ccccc12)c1c(F)c(F)c(F)c(F)c1F. The molecule has 170 valence electrons. The highest BCUT2D eigenvalue weighted by atomic mass is 32.2. The van der Waals surface area contributed by atoms with Crippen molar-refractivity contribution in [3.63, 3.8) is 0 Å². The van der Waals surface area contributed by atoms with E-state index in [0.717, 1.165) is 11.8 Å². The second-order valence-electron chi connectivity index (χ2n) is 6.74. The predicted octanol–water partition coefficient (Wildman–Crippen LogP) is 6.19. The van der Waals surface area contributed by atoms with Gasteiger partial charge in [0.15, 0.2) is 28.2 Å². The zero-order valence-corrected chi connectivity index (χ0v) is 17.9. The van der Waals surface area contributed by atoms with Crippen molar-refractivity contribution in [3.8, 4) is 5.75 Å². The molecule has 0 aromatic heterocycles. The molecule has 0 unspecified atom stereocenters. The highest BCUT2D eigenvalue weighted by molar-refractivity contribution is 7.99. The third-order valence-electron chi connectivity index (χ3n) is 4.63. The van der Waals surface area contributed by atoms with Gasteiger partial charge in [0.05, 0.1) is 10.6 Å². The van der Waals surface area contributed by atoms with Crippen molar-refractivity contribution in [2.24, 2.45) is 0 Å². The van der Waals surface area contributed by atoms with Crippen molar-refractivity contribution in [2.45, 2.75) is 14.7 Å². The van der Waals surface area contributed by atoms with Gasteiger partial charge < -0.3 is 5.11 Å². The Morgan fingerprint density at radius 2 is 1.24 bits per heavy atom. The number of fused-ring (bicyclic) bond motifs is 1. The summed E-state index contributed by atoms with van der Waals surface area (Å²) in [5.41, 5.74) is -0.231. The van der Waals surface area contributed by atoms with E-state index in [1.54, 1.807) is 36.4 Å². The molecule has 0 aliphatic carbocycles. The molecule has 0 heterocycles. The molecule has 4 nitrogen and oxygen atoms in total. The smallest absolute Gasteiger partial charge is 0.268 e. The molecule has 0 fully saturated rings. The summed E-state index contributed by atoms with van der Waals surface area (Å²) < 4.78 is 96.2. The van der Waals surface area contributed by atoms with Gasteiger partial charge in [-0.15, -0.1) is 0 Å². The van der Waals surface area contributed by atoms with Crippen molar-refractivity contribution < 1.29 is 35.5 Å². The molecule has 4 aromatic rings. The molecule has 2 N–H and O–H groups in total. The van der Waals surface area contributed by atoms with Gasteiger partial charge in [0.2, 0.25) is 5.82 Å². The number of rotatable bonds is 5. The first-order valence-corrected chi connectivity index (χ1v) is 11.4. The van der Waals surface area contributed by atoms with Gasteiger partial charge >= 0.3 is 0 Å². The summed E-state index contributed by atoms with van der Waals surface area (Å²) in [6, 6.07) is 15.9. The Hall–Kier alpha value is -3.31. The number of phenols is 1. The van der Waals surface area contributed by atoms with E-state index in [4.69, 9.17) is 0 Å². The molecule has 4 aromatic carbocycles. The third kappa shape index (κ3) is 4.09. The van der Waals surface area contributed by atoms with Gasteiger partial charge in [-0.3, -0.25) is 4.72 Å². The maximum atomic E-state index is 14.2. The number of benzene rings is 4. The second kappa shape index (κ2) is 8.56. The standard InChI is InChI=1S/C22H12F5NO3S2/c23-16-17(24)19(26)22(20(27)18(16)25)33(30,31)28-14-10-15(32-11-6-2-1-3-7-11)21(29)13-9-5-4-8-12(13)14/h1-10,28-29H. The van der Waals surface area contributed by atoms with Crippen molar-refractivity contribution in [2.75, 3.05) is 4.72 Å². The number of halogens is 5. The lowest BCUT2D eigenvalue weighted by Gasteiger charge is -2.16. The summed E-state index contributed by atoms with van der Waals surface area (Å²) in [5, 5.41) is 11.0. The molecule has 0 atom stereocenters. The Morgan fingerprint density at radius 3 is 1.85 bits per heavy atom. The van der Waals surface area contributed by atoms with Crippen LogP contribution >= 0.6 is 11.8 Å². The highest BCUT2D eigenvalue weighted by Crippen LogP contribution is 2.43. The van der Waals surface area contributed by atoms with Crippen molar-refractivity contribution in [1.82, 2.24) is 0 Å². The van der Waals surface area contributed by atoms with Crippen LogP contribution in [0, 0.1) is 29.1 Å². The molecular formula is C22H12F5NO3S2. The van der Waals surface area contributed by atoms with Crippen LogP contribution in [0.3, 0.4) is 0 Å². The van der Waals surface area contributed by atoms with Crippen molar-refractivity contribution in [3.05, 3.63) is 89.7 Å². The van der Waals surface area contributed by atoms with E-state index in [1.165, 1.54) is 24.3 Å². The van der Waals surface area contributed by atoms with Crippen LogP contribution in [0.15, 0.2) is 75.4 Å². The number of hydrogen-bond acceptors (Lipinski definition) is 4. The number of hydrogen-bond donors (Lipinski definition) is 2. The van der Waals surface area contributed by atoms with Crippen LogP contribution in [0.25, 0.3) is 10.8 Å². The Labute approximate surface area is 188 Å². The fourth-order valence-electron chi connectivity index (χ4n) is 3.13. The average Bonchev–Trinajstić information content (AvgIpc) is 2.80. The fraction of sp³-hybridized carbons (Fsp3) is 0. The van der Waals surface area contributed by atoms with Gasteiger partial charge in [-0.1, -0.05) is 54.2 Å². The number of aromatic hydroxyl groups is 1. The molecular weight excluding hydrogens is 485 g/mol. The molecule has 11 heteroatoms. The summed E-state index contributed by atoms with van der Waals surface area (Å²) in [4.78, 5) is -1.13. The summed E-state index contributed by atoms with van der Waals surface area (Å²) in [6.07, 6.45) is 0. The number of nitrogens with one attached hydrogen (secondary N) is 1. The summed E-state index contributed by atoms with van der Waals surface area (Å²) in [6.45, 7) is 0. The Balaban J connectivity index is 1.88. The second-order valence-corrected chi connectivity index (χ2v) is 9.47. The lowest BCUT2D eigenvalue weighted by atomic mass is 10.1. The van der Waals surface area contributed by atoms with Gasteiger partial charge in [-0.2, -0.15) is 0 Å². The zero-order chi connectivity index (χ0) is 23.9. The molecule has 0 radical (unpaired) electrons. The summed E-state index contributed by atoms with van der Waals surface area (Å²) in [7, 11) is -5.27. The molecule has 0 spiro atoms. The van der Waals surface area contributed by atoms with Crippen molar-refractivity contribution >= 4 is 38.2 Å². The average molecular weight is 497 g/mol. The van der Waals surface area contributed by atoms with Crippen LogP contribution < -0.4 is 4.72 Å². The molecule has 0 bridgehead atoms. The Bertz CT molecular complexity index is 1470. The minimum absolute atomic E-state index is 0.139. The van der Waals surface area contributed by atoms with E-state index in [1.807, 2.05) is 4.72 Å². The van der Waals surface area contributed by atoms with Gasteiger partial charge in [0, 0.05) is 15.7 Å². The normalized spacial score (nSPS) is 11.7. The fourth-order valence-corrected chi connectivity index (χ4v) is 5.27. The first-order chi connectivity index (χ1) is 15.6. The lowest BCUT2D eigenvalue weighted by Crippen LogP contribution is -2.19. The molecule has 33 heavy (non-hydrogen) atoms. The Morgan fingerprint density at radius 1 is 0.727 bits per heavy atom. The van der Waals surface area contributed by atoms with E-state index in [2.05, 4.69) is 0 Å². The number of anilines is 1. The minimum Gasteiger partial charge on any atom is -0.506 e. The minimum atomic E-state index is -5.27. The molecule has 0 saturated heterocycles. The molecule has 0 aliphatic rings. The number of sulfonamides is 1. The van der Waals surface area contributed by atoms with E-state index in [9.17, 15) is 35.5 Å². The third-order valence-corrected chi connectivity index (χ3v) is 7.06. The van der Waals surface area contributed by atoms with Crippen LogP contribution in [0.4, 0.5) is 27.6 Å². The molecule has 0 saturated carbocycles. The van der Waals surface area contributed by atoms with Gasteiger partial charge in [-0.05, 0) is 18.2 Å². The maximum Gasteiger partial charge on any atom is 0.268 e. The predicted molar refractivity (Wildman–Crippen MR) is 113 cm³/mol. The molecule has 0 aliphatic heterocycles. The topological polar surface area (TPSA) is 66.4 Å². The van der Waals surface area contributed by atoms with E-state index < -0.39 is 44.0 Å². The maximum absolute atomic E-state index is 14.2. The quantitative estimate of drug-likeness (QED) is 0.149. The monoisotopic (exact) mass is 497 g/mol. The van der Waals surface area contributed by atoms with Crippen LogP contribution in [0.1, 0.15) is 0 Å². The van der Waals surface area contributed by atoms with E-state index in [0.29, 0.717) is 4.90 Å². The Kier molecular flexibility index (Phi) is 5.93. The van der Waals surface area contributed by atoms with Crippen LogP contribution in [-0.4, -0.2) is 13.5 Å². The lowest BCUT2D eigenvalue weighted by molar-refractivity contribution is 0.358. The first-order valence-electron chi connectivity index (χ1n) is 9.13. The zero-order valence-electron chi connectivity index (χ0n) is 16.2. The molecule has 4 rings (SSSR count). The van der Waals surface area contributed by atoms with Crippen LogP contribution in [0.5, 0.6) is 5.75 Å². The summed E-state index contributed by atoms with van der Waals surface area (Å²) >= 11 is 1.08. The van der Waals surface area contributed by atoms with E-state index >= 15 is 0 Å². The summed E-state index contributed by atoms with van der Waals surface area (Å²) in [5.74, 6) is -12.4. The van der Waals surface area contributed by atoms with E-state index in [-0.39, 0.29) is 27.1 Å². The van der Waals surface area contributed by atoms with Crippen molar-refractivity contribution in [1.29, 1.82) is 0 Å². The number of phenolic OH excluding ortho intramolecular Hbond substituents is 1. The largest absolute Gasteiger partial charge is 0.506 e. The van der Waals surface area contributed by atoms with Gasteiger partial charge in [0.25, 0.3) is 10.0 Å². The molecule has 0 amide bonds. The van der Waals surface area contributed by atoms with Gasteiger partial charge in [0.1, 0.15) is 5.75 Å². The van der Waals surface area contributed by atoms with Crippen LogP contribution in [0.2, 0.25) is 0 Å². The van der Waals surface area contributed by atoms with Gasteiger partial charge in [-0.25, -0.2) is 30.4 Å².